The van der Waals surface area contributed by atoms with Crippen LogP contribution in [0.5, 0.6) is 0 Å². The number of nitrogens with one attached hydrogen (secondary N) is 1. The van der Waals surface area contributed by atoms with E-state index in [-0.39, 0.29) is 17.4 Å². The quantitative estimate of drug-likeness (QED) is 0.633. The molecule has 164 valence electrons. The van der Waals surface area contributed by atoms with Crippen molar-refractivity contribution in [3.8, 4) is 5.69 Å². The molecule has 5 nitrogen and oxygen atoms in total. The van der Waals surface area contributed by atoms with Crippen molar-refractivity contribution in [2.75, 3.05) is 0 Å². The molecule has 3 aromatic rings. The van der Waals surface area contributed by atoms with Gasteiger partial charge in [-0.2, -0.15) is 0 Å². The lowest BCUT2D eigenvalue weighted by molar-refractivity contribution is 0.0936. The first-order valence-corrected chi connectivity index (χ1v) is 10.9. The number of nitrogens with zero attached hydrogens (tertiary/aromatic N) is 1. The highest BCUT2D eigenvalue weighted by molar-refractivity contribution is 6.02. The normalized spacial score (nSPS) is 14.0. The lowest BCUT2D eigenvalue weighted by Crippen LogP contribution is -2.39. The minimum atomic E-state index is -0.507. The molecule has 6 heteroatoms. The van der Waals surface area contributed by atoms with E-state index < -0.39 is 17.3 Å². The first-order valence-electron chi connectivity index (χ1n) is 10.9. The van der Waals surface area contributed by atoms with Crippen LogP contribution in [0.25, 0.3) is 5.69 Å². The van der Waals surface area contributed by atoms with Gasteiger partial charge in [0.05, 0.1) is 0 Å². The predicted octanol–water partition coefficient (Wildman–Crippen LogP) is 4.25. The van der Waals surface area contributed by atoms with Crippen molar-refractivity contribution >= 4 is 11.7 Å². The largest absolute Gasteiger partial charge is 0.349 e. The Hall–Kier alpha value is -3.54. The zero-order valence-electron chi connectivity index (χ0n) is 17.9. The number of aryl methyl sites for hydroxylation is 1. The van der Waals surface area contributed by atoms with Crippen LogP contribution in [0.3, 0.4) is 0 Å². The molecular weight excluding hydrogens is 407 g/mol. The van der Waals surface area contributed by atoms with Crippen molar-refractivity contribution in [1.29, 1.82) is 0 Å². The maximum atomic E-state index is 13.4. The molecule has 0 aliphatic heterocycles. The van der Waals surface area contributed by atoms with Gasteiger partial charge in [0.2, 0.25) is 0 Å². The molecule has 1 aliphatic carbocycles. The standard InChI is InChI=1S/C26H25FN2O3/c1-17(10-11-18-6-3-2-4-7-18)28-25(31)22-16-21-23(8-5-9-24(21)30)29(26(22)32)20-14-12-19(27)13-15-20/h2-4,6-7,12-17H,5,8-11H2,1H3,(H,28,31)/t17-/m0/s1. The summed E-state index contributed by atoms with van der Waals surface area (Å²) >= 11 is 0. The molecule has 0 saturated carbocycles. The third-order valence-corrected chi connectivity index (χ3v) is 5.84. The molecule has 1 heterocycles. The van der Waals surface area contributed by atoms with E-state index in [0.29, 0.717) is 42.6 Å². The number of carbonyl (C=O) groups excluding carboxylic acids is 2. The van der Waals surface area contributed by atoms with Crippen LogP contribution < -0.4 is 10.9 Å². The summed E-state index contributed by atoms with van der Waals surface area (Å²) in [5, 5.41) is 2.89. The highest BCUT2D eigenvalue weighted by atomic mass is 19.1. The highest BCUT2D eigenvalue weighted by Gasteiger charge is 2.26. The molecule has 1 N–H and O–H groups in total. The number of hydrogen-bond acceptors (Lipinski definition) is 3. The van der Waals surface area contributed by atoms with Crippen molar-refractivity contribution in [2.24, 2.45) is 0 Å². The molecule has 0 radical (unpaired) electrons. The SMILES string of the molecule is C[C@@H](CCc1ccccc1)NC(=O)c1cc2c(n(-c3ccc(F)cc3)c1=O)CCCC2=O. The van der Waals surface area contributed by atoms with Crippen molar-refractivity contribution in [3.05, 3.63) is 99.2 Å². The number of ketones is 1. The summed E-state index contributed by atoms with van der Waals surface area (Å²) in [6.45, 7) is 1.89. The maximum Gasteiger partial charge on any atom is 0.268 e. The Bertz CT molecular complexity index is 1200. The Balaban J connectivity index is 1.64. The highest BCUT2D eigenvalue weighted by Crippen LogP contribution is 2.24. The number of fused-ring (bicyclic) bond motifs is 1. The van der Waals surface area contributed by atoms with E-state index >= 15 is 0 Å². The second-order valence-corrected chi connectivity index (χ2v) is 8.21. The number of benzene rings is 2. The summed E-state index contributed by atoms with van der Waals surface area (Å²) in [7, 11) is 0. The first-order chi connectivity index (χ1) is 15.4. The summed E-state index contributed by atoms with van der Waals surface area (Å²) < 4.78 is 14.8. The van der Waals surface area contributed by atoms with E-state index in [2.05, 4.69) is 5.32 Å². The lowest BCUT2D eigenvalue weighted by atomic mass is 9.92. The number of aromatic nitrogens is 1. The van der Waals surface area contributed by atoms with Gasteiger partial charge in [0, 0.05) is 29.4 Å². The number of halogens is 1. The Kier molecular flexibility index (Phi) is 6.30. The Morgan fingerprint density at radius 2 is 1.78 bits per heavy atom. The van der Waals surface area contributed by atoms with Crippen LogP contribution in [0.4, 0.5) is 4.39 Å². The molecular formula is C26H25FN2O3. The van der Waals surface area contributed by atoms with Gasteiger partial charge < -0.3 is 5.32 Å². The van der Waals surface area contributed by atoms with Gasteiger partial charge in [-0.25, -0.2) is 4.39 Å². The van der Waals surface area contributed by atoms with Gasteiger partial charge in [0.25, 0.3) is 11.5 Å². The van der Waals surface area contributed by atoms with E-state index in [4.69, 9.17) is 0 Å². The van der Waals surface area contributed by atoms with Crippen LogP contribution in [-0.4, -0.2) is 22.3 Å². The van der Waals surface area contributed by atoms with Crippen LogP contribution in [0.1, 0.15) is 58.2 Å². The molecule has 1 atom stereocenters. The fourth-order valence-electron chi connectivity index (χ4n) is 4.12. The number of Topliss-reactive ketones (excluding diaryl/α,β-unsaturated/α-hetero) is 1. The van der Waals surface area contributed by atoms with Crippen LogP contribution >= 0.6 is 0 Å². The molecule has 0 fully saturated rings. The van der Waals surface area contributed by atoms with E-state index in [9.17, 15) is 18.8 Å². The number of hydrogen-bond donors (Lipinski definition) is 1. The van der Waals surface area contributed by atoms with E-state index in [1.807, 2.05) is 37.3 Å². The van der Waals surface area contributed by atoms with Gasteiger partial charge in [-0.1, -0.05) is 30.3 Å². The summed E-state index contributed by atoms with van der Waals surface area (Å²) in [6.07, 6.45) is 3.07. The number of amides is 1. The minimum absolute atomic E-state index is 0.0742. The number of pyridine rings is 1. The van der Waals surface area contributed by atoms with Crippen molar-refractivity contribution in [2.45, 2.75) is 45.1 Å². The summed E-state index contributed by atoms with van der Waals surface area (Å²) in [5.41, 5.74) is 2.00. The monoisotopic (exact) mass is 432 g/mol. The third-order valence-electron chi connectivity index (χ3n) is 5.84. The van der Waals surface area contributed by atoms with Gasteiger partial charge in [0.15, 0.2) is 5.78 Å². The average Bonchev–Trinajstić information content (AvgIpc) is 2.79. The van der Waals surface area contributed by atoms with Crippen LogP contribution in [0.2, 0.25) is 0 Å². The molecule has 0 unspecified atom stereocenters. The summed E-state index contributed by atoms with van der Waals surface area (Å²) in [4.78, 5) is 38.9. The van der Waals surface area contributed by atoms with E-state index in [1.54, 1.807) is 0 Å². The van der Waals surface area contributed by atoms with Gasteiger partial charge in [-0.3, -0.25) is 19.0 Å². The first kappa shape index (κ1) is 21.7. The number of rotatable bonds is 6. The molecule has 1 aromatic heterocycles. The molecule has 32 heavy (non-hydrogen) atoms. The Labute approximate surface area is 185 Å². The second kappa shape index (κ2) is 9.30. The minimum Gasteiger partial charge on any atom is -0.349 e. The fraction of sp³-hybridized carbons (Fsp3) is 0.269. The van der Waals surface area contributed by atoms with Crippen molar-refractivity contribution in [3.63, 3.8) is 0 Å². The summed E-state index contributed by atoms with van der Waals surface area (Å²) in [5.74, 6) is -1.02. The van der Waals surface area contributed by atoms with E-state index in [1.165, 1.54) is 40.5 Å². The van der Waals surface area contributed by atoms with Gasteiger partial charge in [-0.15, -0.1) is 0 Å². The molecule has 0 saturated heterocycles. The zero-order chi connectivity index (χ0) is 22.7. The molecule has 4 rings (SSSR count). The smallest absolute Gasteiger partial charge is 0.268 e. The second-order valence-electron chi connectivity index (χ2n) is 8.21. The maximum absolute atomic E-state index is 13.4. The summed E-state index contributed by atoms with van der Waals surface area (Å²) in [6, 6.07) is 16.7. The molecule has 1 aliphatic rings. The molecule has 1 amide bonds. The molecule has 2 aromatic carbocycles. The Morgan fingerprint density at radius 3 is 2.50 bits per heavy atom. The van der Waals surface area contributed by atoms with Gasteiger partial charge in [-0.05, 0) is 68.5 Å². The Morgan fingerprint density at radius 1 is 1.06 bits per heavy atom. The molecule has 0 bridgehead atoms. The fourth-order valence-corrected chi connectivity index (χ4v) is 4.12. The van der Waals surface area contributed by atoms with E-state index in [0.717, 1.165) is 6.42 Å². The average molecular weight is 432 g/mol. The molecule has 0 spiro atoms. The van der Waals surface area contributed by atoms with Crippen molar-refractivity contribution in [1.82, 2.24) is 9.88 Å². The number of carbonyl (C=O) groups is 2. The zero-order valence-corrected chi connectivity index (χ0v) is 17.9. The van der Waals surface area contributed by atoms with Gasteiger partial charge in [0.1, 0.15) is 11.4 Å². The van der Waals surface area contributed by atoms with Gasteiger partial charge >= 0.3 is 0 Å². The van der Waals surface area contributed by atoms with Crippen LogP contribution in [0, 0.1) is 5.82 Å². The topological polar surface area (TPSA) is 68.2 Å². The lowest BCUT2D eigenvalue weighted by Gasteiger charge is -2.22. The van der Waals surface area contributed by atoms with Crippen LogP contribution in [0.15, 0.2) is 65.5 Å². The van der Waals surface area contributed by atoms with Crippen LogP contribution in [-0.2, 0) is 12.8 Å². The predicted molar refractivity (Wildman–Crippen MR) is 121 cm³/mol. The third kappa shape index (κ3) is 4.54. The van der Waals surface area contributed by atoms with Crippen molar-refractivity contribution < 1.29 is 14.0 Å².